The molecule has 0 aliphatic carbocycles. The first-order chi connectivity index (χ1) is 8.40. The van der Waals surface area contributed by atoms with Gasteiger partial charge in [0.25, 0.3) is 0 Å². The molecule has 0 saturated carbocycles. The number of carboxylic acids is 1. The van der Waals surface area contributed by atoms with E-state index >= 15 is 0 Å². The fourth-order valence-corrected chi connectivity index (χ4v) is 1.15. The molecule has 0 bridgehead atoms. The number of aliphatic hydroxyl groups is 2. The Morgan fingerprint density at radius 3 is 2.22 bits per heavy atom. The number of carboxylic acid groups (broad SMARTS) is 1. The van der Waals surface area contributed by atoms with E-state index in [1.807, 2.05) is 0 Å². The Hall–Kier alpha value is -0.650. The number of hydrogen-bond acceptors (Lipinski definition) is 4. The van der Waals surface area contributed by atoms with Gasteiger partial charge in [-0.3, -0.25) is 4.79 Å². The lowest BCUT2D eigenvalue weighted by molar-refractivity contribution is -0.137. The lowest BCUT2D eigenvalue weighted by Gasteiger charge is -2.02. The SMILES string of the molecule is CC(C)CCCCC(=O)O.CC(O)COCCO. The molecule has 0 aromatic rings. The average molecular weight is 264 g/mol. The molecule has 0 rings (SSSR count). The molecule has 0 aliphatic rings. The van der Waals surface area contributed by atoms with Crippen LogP contribution in [0.3, 0.4) is 0 Å². The molecule has 0 saturated heterocycles. The average Bonchev–Trinajstić information content (AvgIpc) is 2.25. The molecule has 0 fully saturated rings. The zero-order chi connectivity index (χ0) is 14.4. The molecule has 5 nitrogen and oxygen atoms in total. The van der Waals surface area contributed by atoms with E-state index in [9.17, 15) is 4.79 Å². The Balaban J connectivity index is 0. The van der Waals surface area contributed by atoms with Gasteiger partial charge in [-0.1, -0.05) is 26.7 Å². The van der Waals surface area contributed by atoms with Gasteiger partial charge in [0.1, 0.15) is 0 Å². The summed E-state index contributed by atoms with van der Waals surface area (Å²) >= 11 is 0. The summed E-state index contributed by atoms with van der Waals surface area (Å²) in [6, 6.07) is 0. The molecule has 18 heavy (non-hydrogen) atoms. The zero-order valence-corrected chi connectivity index (χ0v) is 11.8. The zero-order valence-electron chi connectivity index (χ0n) is 11.8. The highest BCUT2D eigenvalue weighted by Crippen LogP contribution is 2.07. The lowest BCUT2D eigenvalue weighted by Crippen LogP contribution is -2.12. The standard InChI is InChI=1S/C8H16O2.C5H12O3/c1-7(2)5-3-4-6-8(9)10;1-5(7)4-8-3-2-6/h7H,3-6H2,1-2H3,(H,9,10);5-7H,2-4H2,1H3. The highest BCUT2D eigenvalue weighted by Gasteiger charge is 1.97. The number of ether oxygens (including phenoxy) is 1. The number of aliphatic carboxylic acids is 1. The summed E-state index contributed by atoms with van der Waals surface area (Å²) in [6.07, 6.45) is 2.92. The van der Waals surface area contributed by atoms with Crippen LogP contribution in [0.4, 0.5) is 0 Å². The normalized spacial score (nSPS) is 11.9. The molecule has 0 aliphatic heterocycles. The molecule has 0 aromatic carbocycles. The third-order valence-corrected chi connectivity index (χ3v) is 2.02. The molecule has 0 aromatic heterocycles. The maximum atomic E-state index is 10.0. The van der Waals surface area contributed by atoms with Gasteiger partial charge in [0, 0.05) is 6.42 Å². The topological polar surface area (TPSA) is 87.0 Å². The molecule has 3 N–H and O–H groups in total. The number of aliphatic hydroxyl groups excluding tert-OH is 2. The molecular formula is C13H28O5. The second-order valence-electron chi connectivity index (χ2n) is 4.68. The smallest absolute Gasteiger partial charge is 0.303 e. The summed E-state index contributed by atoms with van der Waals surface area (Å²) in [6.45, 7) is 6.58. The second-order valence-corrected chi connectivity index (χ2v) is 4.68. The number of rotatable bonds is 9. The van der Waals surface area contributed by atoms with E-state index in [0.717, 1.165) is 19.3 Å². The van der Waals surface area contributed by atoms with Crippen molar-refractivity contribution >= 4 is 5.97 Å². The van der Waals surface area contributed by atoms with E-state index in [1.54, 1.807) is 6.92 Å². The van der Waals surface area contributed by atoms with Gasteiger partial charge >= 0.3 is 5.97 Å². The van der Waals surface area contributed by atoms with Crippen LogP contribution in [0.2, 0.25) is 0 Å². The van der Waals surface area contributed by atoms with Crippen molar-refractivity contribution in [1.82, 2.24) is 0 Å². The number of hydrogen-bond donors (Lipinski definition) is 3. The summed E-state index contributed by atoms with van der Waals surface area (Å²) in [7, 11) is 0. The van der Waals surface area contributed by atoms with Crippen molar-refractivity contribution in [2.45, 2.75) is 52.6 Å². The predicted octanol–water partition coefficient (Wildman–Crippen LogP) is 1.66. The number of unbranched alkanes of at least 4 members (excludes halogenated alkanes) is 1. The summed E-state index contributed by atoms with van der Waals surface area (Å²) in [5.41, 5.74) is 0. The van der Waals surface area contributed by atoms with Crippen LogP contribution in [0.1, 0.15) is 46.5 Å². The van der Waals surface area contributed by atoms with Crippen molar-refractivity contribution in [1.29, 1.82) is 0 Å². The van der Waals surface area contributed by atoms with E-state index in [-0.39, 0.29) is 6.61 Å². The highest BCUT2D eigenvalue weighted by atomic mass is 16.5. The maximum Gasteiger partial charge on any atom is 0.303 e. The molecule has 0 radical (unpaired) electrons. The van der Waals surface area contributed by atoms with Crippen LogP contribution < -0.4 is 0 Å². The van der Waals surface area contributed by atoms with Crippen LogP contribution in [0.15, 0.2) is 0 Å². The quantitative estimate of drug-likeness (QED) is 0.551. The van der Waals surface area contributed by atoms with E-state index in [2.05, 4.69) is 13.8 Å². The Kier molecular flexibility index (Phi) is 15.8. The Morgan fingerprint density at radius 1 is 1.22 bits per heavy atom. The van der Waals surface area contributed by atoms with Crippen molar-refractivity contribution in [3.05, 3.63) is 0 Å². The maximum absolute atomic E-state index is 10.0. The fourth-order valence-electron chi connectivity index (χ4n) is 1.15. The first kappa shape index (κ1) is 19.7. The lowest BCUT2D eigenvalue weighted by atomic mass is 10.1. The van der Waals surface area contributed by atoms with Gasteiger partial charge in [-0.05, 0) is 19.3 Å². The van der Waals surface area contributed by atoms with Crippen molar-refractivity contribution < 1.29 is 24.9 Å². The van der Waals surface area contributed by atoms with Crippen molar-refractivity contribution in [3.8, 4) is 0 Å². The Bertz CT molecular complexity index is 180. The van der Waals surface area contributed by atoms with Crippen molar-refractivity contribution in [2.75, 3.05) is 19.8 Å². The molecule has 0 heterocycles. The second kappa shape index (κ2) is 14.4. The monoisotopic (exact) mass is 264 g/mol. The summed E-state index contributed by atoms with van der Waals surface area (Å²) in [5, 5.41) is 25.0. The summed E-state index contributed by atoms with van der Waals surface area (Å²) in [4.78, 5) is 10.0. The van der Waals surface area contributed by atoms with Crippen LogP contribution in [0.5, 0.6) is 0 Å². The Morgan fingerprint density at radius 2 is 1.83 bits per heavy atom. The Labute approximate surface area is 110 Å². The molecule has 1 unspecified atom stereocenters. The minimum Gasteiger partial charge on any atom is -0.481 e. The van der Waals surface area contributed by atoms with Crippen molar-refractivity contribution in [2.24, 2.45) is 5.92 Å². The van der Waals surface area contributed by atoms with Gasteiger partial charge in [-0.25, -0.2) is 0 Å². The van der Waals surface area contributed by atoms with Gasteiger partial charge in [0.2, 0.25) is 0 Å². The van der Waals surface area contributed by atoms with Crippen LogP contribution in [0, 0.1) is 5.92 Å². The van der Waals surface area contributed by atoms with Crippen LogP contribution in [-0.4, -0.2) is 47.2 Å². The van der Waals surface area contributed by atoms with Crippen LogP contribution >= 0.6 is 0 Å². The molecule has 0 amide bonds. The largest absolute Gasteiger partial charge is 0.481 e. The first-order valence-corrected chi connectivity index (χ1v) is 6.48. The molecular weight excluding hydrogens is 236 g/mol. The predicted molar refractivity (Wildman–Crippen MR) is 70.5 cm³/mol. The number of carbonyl (C=O) groups is 1. The third kappa shape index (κ3) is 24.5. The van der Waals surface area contributed by atoms with Gasteiger partial charge in [-0.15, -0.1) is 0 Å². The molecule has 0 spiro atoms. The van der Waals surface area contributed by atoms with E-state index in [0.29, 0.717) is 25.6 Å². The van der Waals surface area contributed by atoms with E-state index < -0.39 is 12.1 Å². The fraction of sp³-hybridized carbons (Fsp3) is 0.923. The van der Waals surface area contributed by atoms with Crippen LogP contribution in [-0.2, 0) is 9.53 Å². The van der Waals surface area contributed by atoms with Gasteiger partial charge in [0.15, 0.2) is 0 Å². The molecule has 110 valence electrons. The first-order valence-electron chi connectivity index (χ1n) is 6.48. The summed E-state index contributed by atoms with van der Waals surface area (Å²) in [5.74, 6) is 0.0255. The highest BCUT2D eigenvalue weighted by molar-refractivity contribution is 5.66. The third-order valence-electron chi connectivity index (χ3n) is 2.02. The van der Waals surface area contributed by atoms with Gasteiger partial charge < -0.3 is 20.1 Å². The van der Waals surface area contributed by atoms with Crippen LogP contribution in [0.25, 0.3) is 0 Å². The van der Waals surface area contributed by atoms with E-state index in [1.165, 1.54) is 0 Å². The van der Waals surface area contributed by atoms with E-state index in [4.69, 9.17) is 20.1 Å². The molecule has 5 heteroatoms. The van der Waals surface area contributed by atoms with Crippen molar-refractivity contribution in [3.63, 3.8) is 0 Å². The molecule has 1 atom stereocenters. The minimum atomic E-state index is -0.677. The minimum absolute atomic E-state index is 0.0206. The van der Waals surface area contributed by atoms with Gasteiger partial charge in [-0.2, -0.15) is 0 Å². The van der Waals surface area contributed by atoms with Gasteiger partial charge in [0.05, 0.1) is 25.9 Å². The summed E-state index contributed by atoms with van der Waals surface area (Å²) < 4.78 is 4.74.